The molecule has 12 heteroatoms. The predicted molar refractivity (Wildman–Crippen MR) is 88.2 cm³/mol. The van der Waals surface area contributed by atoms with Crippen molar-refractivity contribution in [2.45, 2.75) is 0 Å². The van der Waals surface area contributed by atoms with Crippen LogP contribution in [-0.4, -0.2) is 0 Å². The van der Waals surface area contributed by atoms with E-state index in [0.717, 1.165) is 0 Å². The molecule has 0 fully saturated rings. The van der Waals surface area contributed by atoms with Crippen molar-refractivity contribution in [2.24, 2.45) is 0 Å². The van der Waals surface area contributed by atoms with E-state index in [2.05, 4.69) is 0 Å². The van der Waals surface area contributed by atoms with Gasteiger partial charge in [0.15, 0.2) is 0 Å². The zero-order chi connectivity index (χ0) is 0. The Labute approximate surface area is 183 Å². The van der Waals surface area contributed by atoms with Gasteiger partial charge in [0.2, 0.25) is 0 Å². The molecule has 1 atom stereocenters. The van der Waals surface area contributed by atoms with Crippen LogP contribution < -0.4 is 75.4 Å². The van der Waals surface area contributed by atoms with E-state index in [1.165, 1.54) is 0 Å². The molecule has 0 heterocycles. The fraction of sp³-hybridized carbons (Fsp3) is 0. The van der Waals surface area contributed by atoms with Crippen LogP contribution in [0.1, 0.15) is 5.71 Å². The third kappa shape index (κ3) is 112. The maximum atomic E-state index is 0. The van der Waals surface area contributed by atoms with Gasteiger partial charge in [-0.25, -0.2) is 0 Å². The Morgan fingerprint density at radius 1 is 0.333 bits per heavy atom. The van der Waals surface area contributed by atoms with E-state index in [0.29, 0.717) is 0 Å². The number of hydrogen-bond donors (Lipinski definition) is 0. The van der Waals surface area contributed by atoms with Gasteiger partial charge in [-0.2, -0.15) is 104 Å². The third-order valence-corrected chi connectivity index (χ3v) is 0. The van der Waals surface area contributed by atoms with E-state index in [9.17, 15) is 0 Å². The van der Waals surface area contributed by atoms with Crippen LogP contribution in [0.2, 0.25) is 0 Å². The van der Waals surface area contributed by atoms with E-state index >= 15 is 0 Å². The molecule has 0 aromatic carbocycles. The maximum Gasteiger partial charge on any atom is 1.00 e. The van der Waals surface area contributed by atoms with Crippen molar-refractivity contribution in [2.75, 3.05) is 0 Å². The summed E-state index contributed by atoms with van der Waals surface area (Å²) < 4.78 is 0. The van der Waals surface area contributed by atoms with Gasteiger partial charge in [0.1, 0.15) is 0 Å². The zero-order valence-electron chi connectivity index (χ0n) is 12.2. The van der Waals surface area contributed by atoms with Crippen LogP contribution >= 0.6 is 104 Å². The van der Waals surface area contributed by atoms with Crippen molar-refractivity contribution < 1.29 is 81.1 Å². The van der Waals surface area contributed by atoms with E-state index in [4.69, 9.17) is 0 Å². The first-order chi connectivity index (χ1) is 0. The van der Waals surface area contributed by atoms with E-state index in [1.807, 2.05) is 0 Å². The summed E-state index contributed by atoms with van der Waals surface area (Å²) in [5.74, 6) is 0. The van der Waals surface area contributed by atoms with Crippen LogP contribution in [-0.2, 0) is 0 Å². The summed E-state index contributed by atoms with van der Waals surface area (Å²) in [6, 6.07) is 0. The summed E-state index contributed by atoms with van der Waals surface area (Å²) in [7, 11) is 0. The van der Waals surface area contributed by atoms with Gasteiger partial charge >= 0.3 is 75.4 Å². The molecule has 0 aromatic rings. The Kier molecular flexibility index (Phi) is 1870. The smallest absolute Gasteiger partial charge is 1.00 e. The summed E-state index contributed by atoms with van der Waals surface area (Å²) in [5, 5.41) is 0. The molecule has 0 aliphatic rings. The van der Waals surface area contributed by atoms with E-state index in [1.54, 1.807) is 0 Å². The van der Waals surface area contributed by atoms with Gasteiger partial charge in [-0.1, -0.05) is 0 Å². The van der Waals surface area contributed by atoms with Crippen LogP contribution in [0.25, 0.3) is 0 Å². The predicted octanol–water partition coefficient (Wildman–Crippen LogP) is -10.7. The summed E-state index contributed by atoms with van der Waals surface area (Å²) in [6.45, 7) is 0. The molecule has 0 amide bonds. The molecule has 0 aliphatic heterocycles. The molecule has 0 aromatic heterocycles. The van der Waals surface area contributed by atoms with Gasteiger partial charge in [-0.3, -0.25) is 0 Å². The molecule has 0 bridgehead atoms. The van der Waals surface area contributed by atoms with Gasteiger partial charge < -0.3 is 5.71 Å². The normalized spacial score (nSPS) is 0. The van der Waals surface area contributed by atoms with Gasteiger partial charge in [-0.05, 0) is 0 Å². The average molecular weight is 304 g/mol. The molecule has 12 heavy (non-hydrogen) atoms. The maximum absolute atomic E-state index is 0. The van der Waals surface area contributed by atoms with Crippen molar-refractivity contribution in [1.29, 1.82) is 0 Å². The molecule has 0 saturated heterocycles. The first-order valence-corrected chi connectivity index (χ1v) is 0. The van der Waals surface area contributed by atoms with Crippen LogP contribution in [0.15, 0.2) is 0 Å². The minimum Gasteiger partial charge on any atom is -1.00 e. The molecule has 0 N–H and O–H groups in total. The second-order valence-corrected chi connectivity index (χ2v) is 0. The third-order valence-electron chi connectivity index (χ3n) is 0. The fourth-order valence-corrected chi connectivity index (χ4v) is 0. The van der Waals surface area contributed by atoms with Crippen LogP contribution in [0.5, 0.6) is 0 Å². The quantitative estimate of drug-likeness (QED) is 0.308. The Hall–Kier alpha value is 5.27. The van der Waals surface area contributed by atoms with Crippen molar-refractivity contribution in [3.05, 3.63) is 0 Å². The topological polar surface area (TPSA) is 0 Å². The van der Waals surface area contributed by atoms with Gasteiger partial charge in [0.25, 0.3) is 0 Å². The zero-order valence-corrected chi connectivity index (χ0v) is 16.6. The molecule has 0 rings (SSSR count). The number of rotatable bonds is 0. The Morgan fingerprint density at radius 2 is 0.333 bits per heavy atom. The molecule has 1 unspecified atom stereocenters. The molecule has 0 aliphatic carbocycles. The monoisotopic (exact) mass is 304 g/mol. The second kappa shape index (κ2) is 137. The Morgan fingerprint density at radius 3 is 0.333 bits per heavy atom. The molecule has 72 valence electrons. The van der Waals surface area contributed by atoms with Crippen LogP contribution in [0.4, 0.5) is 0 Å². The molecular formula is H21Li4PS7. The molecule has 0 spiro atoms. The van der Waals surface area contributed by atoms with Crippen LogP contribution in [0, 0.1) is 0 Å². The molecule has 0 nitrogen and oxygen atoms in total. The van der Waals surface area contributed by atoms with E-state index in [-0.39, 0.29) is 186 Å². The summed E-state index contributed by atoms with van der Waals surface area (Å²) >= 11 is 0. The average Bonchev–Trinajstić information content (AvgIpc) is 0. The van der Waals surface area contributed by atoms with Crippen LogP contribution in [0.3, 0.4) is 0 Å². The summed E-state index contributed by atoms with van der Waals surface area (Å²) in [5.41, 5.74) is 0. The van der Waals surface area contributed by atoms with Crippen molar-refractivity contribution >= 4 is 104 Å². The van der Waals surface area contributed by atoms with Gasteiger partial charge in [0.05, 0.1) is 0 Å². The Bertz CT molecular complexity index is 28.3. The van der Waals surface area contributed by atoms with Crippen molar-refractivity contribution in [3.8, 4) is 0 Å². The minimum absolute atomic E-state index is 0. The SMILES string of the molecule is P.S.S.S.S.S.S.S.[H-].[H-].[H-].[H-].[Li+].[Li+].[Li+].[Li+]. The molecule has 0 saturated carbocycles. The Balaban J connectivity index is 0. The molecule has 0 radical (unpaired) electrons. The second-order valence-electron chi connectivity index (χ2n) is 0. The standard InChI is InChI=1S/4Li.H3P.7H2S.4H/h;;;;1H3;7*1H2;;;;/q4*+1;;;;;;;;;4*-1. The van der Waals surface area contributed by atoms with Crippen molar-refractivity contribution in [1.82, 2.24) is 0 Å². The first kappa shape index (κ1) is 165. The largest absolute Gasteiger partial charge is 1.00 e. The number of hydrogen-bond acceptors (Lipinski definition) is 0. The summed E-state index contributed by atoms with van der Waals surface area (Å²) in [6.07, 6.45) is 0. The molecular weight excluding hydrogens is 283 g/mol. The van der Waals surface area contributed by atoms with Gasteiger partial charge in [0, 0.05) is 0 Å². The fourth-order valence-electron chi connectivity index (χ4n) is 0. The van der Waals surface area contributed by atoms with E-state index < -0.39 is 0 Å². The van der Waals surface area contributed by atoms with Gasteiger partial charge in [-0.15, -0.1) is 0 Å². The minimum atomic E-state index is 0. The van der Waals surface area contributed by atoms with Crippen molar-refractivity contribution in [3.63, 3.8) is 0 Å². The summed E-state index contributed by atoms with van der Waals surface area (Å²) in [4.78, 5) is 0. The first-order valence-electron chi connectivity index (χ1n) is 0.